The first-order valence-electron chi connectivity index (χ1n) is 6.38. The van der Waals surface area contributed by atoms with E-state index >= 15 is 0 Å². The van der Waals surface area contributed by atoms with Crippen LogP contribution in [0.25, 0.3) is 0 Å². The second kappa shape index (κ2) is 4.12. The van der Waals surface area contributed by atoms with Gasteiger partial charge in [-0.1, -0.05) is 18.6 Å². The van der Waals surface area contributed by atoms with Crippen LogP contribution >= 0.6 is 0 Å². The molecule has 1 aromatic carbocycles. The molecule has 0 bridgehead atoms. The lowest BCUT2D eigenvalue weighted by Crippen LogP contribution is -2.58. The maximum absolute atomic E-state index is 12.4. The van der Waals surface area contributed by atoms with Gasteiger partial charge >= 0.3 is 6.03 Å². The third-order valence-corrected chi connectivity index (χ3v) is 3.83. The Morgan fingerprint density at radius 1 is 1.28 bits per heavy atom. The molecule has 0 aromatic heterocycles. The fourth-order valence-electron chi connectivity index (χ4n) is 2.93. The zero-order chi connectivity index (χ0) is 12.7. The van der Waals surface area contributed by atoms with E-state index in [2.05, 4.69) is 5.32 Å². The molecule has 2 fully saturated rings. The van der Waals surface area contributed by atoms with Crippen LogP contribution in [0.15, 0.2) is 24.3 Å². The van der Waals surface area contributed by atoms with Gasteiger partial charge in [0.2, 0.25) is 5.91 Å². The number of imide groups is 1. The number of amides is 3. The van der Waals surface area contributed by atoms with Crippen LogP contribution in [0.5, 0.6) is 0 Å². The topological polar surface area (TPSA) is 49.4 Å². The van der Waals surface area contributed by atoms with Crippen molar-refractivity contribution in [1.29, 1.82) is 0 Å². The zero-order valence-electron chi connectivity index (χ0n) is 10.3. The van der Waals surface area contributed by atoms with E-state index in [1.807, 2.05) is 25.1 Å². The third-order valence-electron chi connectivity index (χ3n) is 3.83. The van der Waals surface area contributed by atoms with Crippen LogP contribution in [-0.2, 0) is 4.79 Å². The molecular formula is C14H16N2O2. The van der Waals surface area contributed by atoms with Gasteiger partial charge in [0.05, 0.1) is 11.6 Å². The molecule has 4 heteroatoms. The summed E-state index contributed by atoms with van der Waals surface area (Å²) >= 11 is 0. The second-order valence-electron chi connectivity index (χ2n) is 5.11. The molecule has 4 nitrogen and oxygen atoms in total. The number of hydrogen-bond acceptors (Lipinski definition) is 2. The number of anilines is 1. The van der Waals surface area contributed by atoms with E-state index < -0.39 is 0 Å². The monoisotopic (exact) mass is 244 g/mol. The van der Waals surface area contributed by atoms with Crippen LogP contribution in [0.3, 0.4) is 0 Å². The molecule has 1 aliphatic carbocycles. The highest BCUT2D eigenvalue weighted by Gasteiger charge is 2.43. The third kappa shape index (κ3) is 1.68. The first-order valence-corrected chi connectivity index (χ1v) is 6.38. The smallest absolute Gasteiger partial charge is 0.328 e. The minimum Gasteiger partial charge on any atom is -0.334 e. The van der Waals surface area contributed by atoms with Gasteiger partial charge in [0.25, 0.3) is 0 Å². The summed E-state index contributed by atoms with van der Waals surface area (Å²) in [5, 5.41) is 2.94. The van der Waals surface area contributed by atoms with Crippen molar-refractivity contribution in [2.45, 2.75) is 32.2 Å². The number of carbonyl (C=O) groups is 2. The molecule has 1 N–H and O–H groups in total. The zero-order valence-corrected chi connectivity index (χ0v) is 10.3. The van der Waals surface area contributed by atoms with Crippen molar-refractivity contribution in [3.8, 4) is 0 Å². The molecule has 3 rings (SSSR count). The fourth-order valence-corrected chi connectivity index (χ4v) is 2.93. The number of nitrogens with zero attached hydrogens (tertiary/aromatic N) is 1. The Bertz CT molecular complexity index is 512. The number of nitrogens with one attached hydrogen (secondary N) is 1. The molecule has 2 atom stereocenters. The molecule has 2 aliphatic rings. The summed E-state index contributed by atoms with van der Waals surface area (Å²) in [7, 11) is 0. The van der Waals surface area contributed by atoms with Gasteiger partial charge in [-0.25, -0.2) is 9.69 Å². The highest BCUT2D eigenvalue weighted by Crippen LogP contribution is 2.32. The number of urea groups is 1. The van der Waals surface area contributed by atoms with Gasteiger partial charge in [-0.05, 0) is 37.5 Å². The van der Waals surface area contributed by atoms with Crippen molar-refractivity contribution in [3.05, 3.63) is 29.8 Å². The Kier molecular flexibility index (Phi) is 2.58. The van der Waals surface area contributed by atoms with E-state index in [-0.39, 0.29) is 23.9 Å². The van der Waals surface area contributed by atoms with E-state index in [1.54, 1.807) is 6.07 Å². The van der Waals surface area contributed by atoms with Crippen molar-refractivity contribution in [1.82, 2.24) is 5.32 Å². The Hall–Kier alpha value is -1.84. The van der Waals surface area contributed by atoms with Gasteiger partial charge in [0.1, 0.15) is 0 Å². The molecular weight excluding hydrogens is 228 g/mol. The molecule has 94 valence electrons. The lowest BCUT2D eigenvalue weighted by Gasteiger charge is -2.34. The lowest BCUT2D eigenvalue weighted by atomic mass is 9.99. The van der Waals surface area contributed by atoms with Crippen molar-refractivity contribution >= 4 is 17.6 Å². The van der Waals surface area contributed by atoms with Gasteiger partial charge in [-0.3, -0.25) is 4.79 Å². The van der Waals surface area contributed by atoms with Crippen LogP contribution in [0.1, 0.15) is 24.8 Å². The first kappa shape index (κ1) is 11.3. The molecule has 2 unspecified atom stereocenters. The van der Waals surface area contributed by atoms with Crippen LogP contribution < -0.4 is 10.2 Å². The van der Waals surface area contributed by atoms with Crippen molar-refractivity contribution in [3.63, 3.8) is 0 Å². The van der Waals surface area contributed by atoms with Crippen molar-refractivity contribution < 1.29 is 9.59 Å². The number of hydrogen-bond donors (Lipinski definition) is 1. The molecule has 3 amide bonds. The number of carbonyl (C=O) groups excluding carboxylic acids is 2. The Balaban J connectivity index is 1.96. The van der Waals surface area contributed by atoms with E-state index in [9.17, 15) is 9.59 Å². The average Bonchev–Trinajstić information content (AvgIpc) is 2.77. The Morgan fingerprint density at radius 2 is 2.11 bits per heavy atom. The molecule has 1 heterocycles. The Labute approximate surface area is 106 Å². The van der Waals surface area contributed by atoms with Crippen LogP contribution in [0.2, 0.25) is 0 Å². The van der Waals surface area contributed by atoms with Crippen LogP contribution in [0, 0.1) is 12.8 Å². The molecule has 1 aliphatic heterocycles. The Morgan fingerprint density at radius 3 is 2.89 bits per heavy atom. The maximum Gasteiger partial charge on any atom is 0.328 e. The quantitative estimate of drug-likeness (QED) is 0.823. The summed E-state index contributed by atoms with van der Waals surface area (Å²) < 4.78 is 0. The highest BCUT2D eigenvalue weighted by atomic mass is 16.2. The number of aryl methyl sites for hydroxylation is 1. The SMILES string of the molecule is Cc1cccc(N2C(=O)NC3CCCC3C2=O)c1. The maximum atomic E-state index is 12.4. The minimum absolute atomic E-state index is 0.0387. The normalized spacial score (nSPS) is 27.1. The van der Waals surface area contributed by atoms with E-state index in [0.717, 1.165) is 24.8 Å². The average molecular weight is 244 g/mol. The van der Waals surface area contributed by atoms with E-state index in [4.69, 9.17) is 0 Å². The summed E-state index contributed by atoms with van der Waals surface area (Å²) in [6, 6.07) is 7.26. The summed E-state index contributed by atoms with van der Waals surface area (Å²) in [6.45, 7) is 1.95. The molecule has 0 spiro atoms. The second-order valence-corrected chi connectivity index (χ2v) is 5.11. The highest BCUT2D eigenvalue weighted by molar-refractivity contribution is 6.17. The van der Waals surface area contributed by atoms with Crippen molar-refractivity contribution in [2.75, 3.05) is 4.90 Å². The molecule has 0 radical (unpaired) electrons. The van der Waals surface area contributed by atoms with Gasteiger partial charge in [0, 0.05) is 6.04 Å². The molecule has 18 heavy (non-hydrogen) atoms. The van der Waals surface area contributed by atoms with Crippen molar-refractivity contribution in [2.24, 2.45) is 5.92 Å². The standard InChI is InChI=1S/C14H16N2O2/c1-9-4-2-5-10(8-9)16-13(17)11-6-3-7-12(11)15-14(16)18/h2,4-5,8,11-12H,3,6-7H2,1H3,(H,15,18). The fraction of sp³-hybridized carbons (Fsp3) is 0.429. The minimum atomic E-state index is -0.284. The number of rotatable bonds is 1. The summed E-state index contributed by atoms with van der Waals surface area (Å²) in [5.41, 5.74) is 1.71. The predicted molar refractivity (Wildman–Crippen MR) is 68.3 cm³/mol. The largest absolute Gasteiger partial charge is 0.334 e. The van der Waals surface area contributed by atoms with Gasteiger partial charge < -0.3 is 5.32 Å². The van der Waals surface area contributed by atoms with E-state index in [1.165, 1.54) is 4.90 Å². The predicted octanol–water partition coefficient (Wildman–Crippen LogP) is 2.22. The first-order chi connectivity index (χ1) is 8.66. The van der Waals surface area contributed by atoms with E-state index in [0.29, 0.717) is 5.69 Å². The molecule has 1 aromatic rings. The van der Waals surface area contributed by atoms with Gasteiger partial charge in [0.15, 0.2) is 0 Å². The number of fused-ring (bicyclic) bond motifs is 1. The molecule has 1 saturated heterocycles. The summed E-state index contributed by atoms with van der Waals surface area (Å²) in [6.07, 6.45) is 2.82. The lowest BCUT2D eigenvalue weighted by molar-refractivity contribution is -0.122. The summed E-state index contributed by atoms with van der Waals surface area (Å²) in [4.78, 5) is 25.7. The van der Waals surface area contributed by atoms with Gasteiger partial charge in [-0.2, -0.15) is 0 Å². The number of benzene rings is 1. The summed E-state index contributed by atoms with van der Waals surface area (Å²) in [5.74, 6) is -0.0879. The van der Waals surface area contributed by atoms with Crippen LogP contribution in [0.4, 0.5) is 10.5 Å². The molecule has 1 saturated carbocycles. The van der Waals surface area contributed by atoms with Crippen LogP contribution in [-0.4, -0.2) is 18.0 Å². The van der Waals surface area contributed by atoms with Gasteiger partial charge in [-0.15, -0.1) is 0 Å².